The molecule has 1 amide bonds. The molecule has 1 atom stereocenters. The maximum absolute atomic E-state index is 12.3. The van der Waals surface area contributed by atoms with E-state index in [1.165, 1.54) is 0 Å². The van der Waals surface area contributed by atoms with Crippen molar-refractivity contribution < 1.29 is 19.1 Å². The smallest absolute Gasteiger partial charge is 0.408 e. The van der Waals surface area contributed by atoms with Gasteiger partial charge in [0.15, 0.2) is 0 Å². The summed E-state index contributed by atoms with van der Waals surface area (Å²) in [6.45, 7) is 11.3. The van der Waals surface area contributed by atoms with E-state index < -0.39 is 20.2 Å². The summed E-state index contributed by atoms with van der Waals surface area (Å²) in [5.41, 5.74) is 0.899. The monoisotopic (exact) mass is 365 g/mol. The molecule has 5 nitrogen and oxygen atoms in total. The number of esters is 1. The summed E-state index contributed by atoms with van der Waals surface area (Å²) in [5.74, 6) is -0.132. The van der Waals surface area contributed by atoms with Crippen molar-refractivity contribution in [3.8, 4) is 0 Å². The van der Waals surface area contributed by atoms with Crippen LogP contribution < -0.4 is 5.32 Å². The normalized spacial score (nSPS) is 12.6. The van der Waals surface area contributed by atoms with E-state index in [1.807, 2.05) is 44.2 Å². The minimum atomic E-state index is -1.26. The van der Waals surface area contributed by atoms with Gasteiger partial charge in [0.25, 0.3) is 0 Å². The second-order valence-electron chi connectivity index (χ2n) is 7.87. The molecule has 1 rings (SSSR count). The molecule has 0 aliphatic carbocycles. The van der Waals surface area contributed by atoms with Gasteiger partial charge in [0.1, 0.15) is 12.6 Å². The predicted octanol–water partition coefficient (Wildman–Crippen LogP) is 4.21. The van der Waals surface area contributed by atoms with Gasteiger partial charge in [0, 0.05) is 8.07 Å². The van der Waals surface area contributed by atoms with E-state index in [9.17, 15) is 9.59 Å². The molecule has 140 valence electrons. The Labute approximate surface area is 152 Å². The molecular weight excluding hydrogens is 334 g/mol. The Balaban J connectivity index is 2.50. The molecule has 0 heterocycles. The third-order valence-electron chi connectivity index (χ3n) is 3.59. The Bertz CT molecular complexity index is 540. The zero-order chi connectivity index (χ0) is 18.9. The third-order valence-corrected chi connectivity index (χ3v) is 5.30. The molecule has 1 aromatic carbocycles. The SMILES string of the molecule is CC(C)C[C@H](NC(=O)OCc1ccccc1)C(=O)OCC[Si](C)(C)C. The van der Waals surface area contributed by atoms with E-state index in [2.05, 4.69) is 25.0 Å². The van der Waals surface area contributed by atoms with E-state index in [-0.39, 0.29) is 18.5 Å². The summed E-state index contributed by atoms with van der Waals surface area (Å²) >= 11 is 0. The lowest BCUT2D eigenvalue weighted by molar-refractivity contribution is -0.146. The third kappa shape index (κ3) is 9.91. The average molecular weight is 366 g/mol. The van der Waals surface area contributed by atoms with Gasteiger partial charge in [0.05, 0.1) is 6.61 Å². The van der Waals surface area contributed by atoms with Crippen LogP contribution in [0.5, 0.6) is 0 Å². The van der Waals surface area contributed by atoms with E-state index >= 15 is 0 Å². The van der Waals surface area contributed by atoms with Gasteiger partial charge in [0.2, 0.25) is 0 Å². The van der Waals surface area contributed by atoms with Crippen molar-refractivity contribution in [2.24, 2.45) is 5.92 Å². The number of nitrogens with one attached hydrogen (secondary N) is 1. The lowest BCUT2D eigenvalue weighted by Gasteiger charge is -2.21. The Morgan fingerprint density at radius 3 is 2.28 bits per heavy atom. The Morgan fingerprint density at radius 1 is 1.08 bits per heavy atom. The molecule has 0 aliphatic heterocycles. The minimum Gasteiger partial charge on any atom is -0.464 e. The van der Waals surface area contributed by atoms with Crippen molar-refractivity contribution in [2.45, 2.75) is 58.6 Å². The molecular formula is C19H31NO4Si. The quantitative estimate of drug-likeness (QED) is 0.526. The molecule has 1 aromatic rings. The summed E-state index contributed by atoms with van der Waals surface area (Å²) < 4.78 is 10.6. The largest absolute Gasteiger partial charge is 0.464 e. The number of hydrogen-bond donors (Lipinski definition) is 1. The maximum atomic E-state index is 12.3. The van der Waals surface area contributed by atoms with Crippen LogP contribution in [-0.4, -0.2) is 32.8 Å². The van der Waals surface area contributed by atoms with Crippen LogP contribution in [0.25, 0.3) is 0 Å². The topological polar surface area (TPSA) is 64.6 Å². The van der Waals surface area contributed by atoms with Crippen LogP contribution in [0.1, 0.15) is 25.8 Å². The van der Waals surface area contributed by atoms with Crippen LogP contribution in [-0.2, 0) is 20.9 Å². The fourth-order valence-corrected chi connectivity index (χ4v) is 2.87. The highest BCUT2D eigenvalue weighted by atomic mass is 28.3. The van der Waals surface area contributed by atoms with E-state index in [0.717, 1.165) is 11.6 Å². The highest BCUT2D eigenvalue weighted by molar-refractivity contribution is 6.76. The van der Waals surface area contributed by atoms with Gasteiger partial charge in [-0.1, -0.05) is 63.8 Å². The number of carbonyl (C=O) groups is 2. The standard InChI is InChI=1S/C19H31NO4Si/c1-15(2)13-17(18(21)23-11-12-25(3,4)5)20-19(22)24-14-16-9-7-6-8-10-16/h6-10,15,17H,11-14H2,1-5H3,(H,20,22)/t17-/m0/s1. The zero-order valence-electron chi connectivity index (χ0n) is 16.0. The van der Waals surface area contributed by atoms with E-state index in [0.29, 0.717) is 13.0 Å². The minimum absolute atomic E-state index is 0.172. The summed E-state index contributed by atoms with van der Waals surface area (Å²) in [4.78, 5) is 24.3. The fraction of sp³-hybridized carbons (Fsp3) is 0.579. The average Bonchev–Trinajstić information content (AvgIpc) is 2.51. The van der Waals surface area contributed by atoms with Gasteiger partial charge in [-0.25, -0.2) is 9.59 Å². The Morgan fingerprint density at radius 2 is 1.72 bits per heavy atom. The van der Waals surface area contributed by atoms with Crippen molar-refractivity contribution in [1.82, 2.24) is 5.32 Å². The molecule has 0 aliphatic rings. The van der Waals surface area contributed by atoms with Crippen LogP contribution in [0, 0.1) is 5.92 Å². The molecule has 0 saturated carbocycles. The first kappa shape index (κ1) is 21.2. The van der Waals surface area contributed by atoms with E-state index in [1.54, 1.807) is 0 Å². The first-order valence-corrected chi connectivity index (χ1v) is 12.5. The molecule has 1 N–H and O–H groups in total. The molecule has 0 spiro atoms. The van der Waals surface area contributed by atoms with Crippen molar-refractivity contribution in [3.05, 3.63) is 35.9 Å². The first-order valence-electron chi connectivity index (χ1n) is 8.81. The molecule has 0 aromatic heterocycles. The molecule has 0 saturated heterocycles. The molecule has 0 radical (unpaired) electrons. The number of benzene rings is 1. The van der Waals surface area contributed by atoms with Gasteiger partial charge in [-0.05, 0) is 23.9 Å². The zero-order valence-corrected chi connectivity index (χ0v) is 17.0. The molecule has 25 heavy (non-hydrogen) atoms. The Hall–Kier alpha value is -1.82. The second kappa shape index (κ2) is 10.2. The van der Waals surface area contributed by atoms with Gasteiger partial charge in [-0.2, -0.15) is 0 Å². The number of amides is 1. The van der Waals surface area contributed by atoms with Gasteiger partial charge < -0.3 is 14.8 Å². The van der Waals surface area contributed by atoms with Crippen LogP contribution in [0.2, 0.25) is 25.7 Å². The number of alkyl carbamates (subject to hydrolysis) is 1. The number of ether oxygens (including phenoxy) is 2. The predicted molar refractivity (Wildman–Crippen MR) is 102 cm³/mol. The number of rotatable bonds is 9. The lowest BCUT2D eigenvalue weighted by Crippen LogP contribution is -2.43. The van der Waals surface area contributed by atoms with Crippen molar-refractivity contribution in [3.63, 3.8) is 0 Å². The van der Waals surface area contributed by atoms with Crippen LogP contribution in [0.4, 0.5) is 4.79 Å². The van der Waals surface area contributed by atoms with Gasteiger partial charge in [-0.15, -0.1) is 0 Å². The van der Waals surface area contributed by atoms with Crippen molar-refractivity contribution in [2.75, 3.05) is 6.61 Å². The van der Waals surface area contributed by atoms with E-state index in [4.69, 9.17) is 9.47 Å². The van der Waals surface area contributed by atoms with Crippen molar-refractivity contribution in [1.29, 1.82) is 0 Å². The maximum Gasteiger partial charge on any atom is 0.408 e. The summed E-state index contributed by atoms with van der Waals surface area (Å²) in [6.07, 6.45) is -0.0803. The number of hydrogen-bond acceptors (Lipinski definition) is 4. The molecule has 6 heteroatoms. The second-order valence-corrected chi connectivity index (χ2v) is 13.5. The van der Waals surface area contributed by atoms with Crippen LogP contribution in [0.3, 0.4) is 0 Å². The lowest BCUT2D eigenvalue weighted by atomic mass is 10.0. The highest BCUT2D eigenvalue weighted by Crippen LogP contribution is 2.11. The first-order chi connectivity index (χ1) is 11.7. The summed E-state index contributed by atoms with van der Waals surface area (Å²) in [6, 6.07) is 9.66. The number of carbonyl (C=O) groups excluding carboxylic acids is 2. The highest BCUT2D eigenvalue weighted by Gasteiger charge is 2.25. The Kier molecular flexibility index (Phi) is 8.68. The van der Waals surface area contributed by atoms with Crippen LogP contribution in [0.15, 0.2) is 30.3 Å². The van der Waals surface area contributed by atoms with Gasteiger partial charge in [-0.3, -0.25) is 0 Å². The molecule has 0 unspecified atom stereocenters. The van der Waals surface area contributed by atoms with Crippen LogP contribution >= 0.6 is 0 Å². The van der Waals surface area contributed by atoms with Gasteiger partial charge >= 0.3 is 12.1 Å². The summed E-state index contributed by atoms with van der Waals surface area (Å²) in [5, 5.41) is 2.64. The summed E-state index contributed by atoms with van der Waals surface area (Å²) in [7, 11) is -1.26. The fourth-order valence-electron chi connectivity index (χ4n) is 2.15. The molecule has 0 bridgehead atoms. The molecule has 0 fully saturated rings. The van der Waals surface area contributed by atoms with Crippen molar-refractivity contribution >= 4 is 20.1 Å².